The van der Waals surface area contributed by atoms with Gasteiger partial charge in [0, 0.05) is 26.2 Å². The second-order valence-corrected chi connectivity index (χ2v) is 8.39. The number of carbonyl (C=O) groups excluding carboxylic acids is 1. The standard InChI is InChI=1S/C24H30N4O/c1-18(2)16-28-22-13-7-6-12-21(22)26-24(28)27-14-8-11-20(17-27)23(29)25-15-19-9-4-3-5-10-19/h3-7,9-10,12-13,18,20H,8,11,14-17H2,1-2H3,(H,25,29)/t20-/m1/s1. The molecule has 2 heterocycles. The van der Waals surface area contributed by atoms with Crippen LogP contribution in [0.4, 0.5) is 5.95 Å². The van der Waals surface area contributed by atoms with Crippen LogP contribution in [0, 0.1) is 11.8 Å². The third-order valence-corrected chi connectivity index (χ3v) is 5.57. The second kappa shape index (κ2) is 8.68. The summed E-state index contributed by atoms with van der Waals surface area (Å²) in [5.41, 5.74) is 3.33. The van der Waals surface area contributed by atoms with Gasteiger partial charge in [-0.2, -0.15) is 0 Å². The molecular weight excluding hydrogens is 360 g/mol. The fourth-order valence-corrected chi connectivity index (χ4v) is 4.15. The van der Waals surface area contributed by atoms with E-state index >= 15 is 0 Å². The number of nitrogens with one attached hydrogen (secondary N) is 1. The Morgan fingerprint density at radius 3 is 2.69 bits per heavy atom. The first kappa shape index (κ1) is 19.5. The summed E-state index contributed by atoms with van der Waals surface area (Å²) in [5, 5.41) is 3.12. The number of nitrogens with zero attached hydrogens (tertiary/aromatic N) is 3. The van der Waals surface area contributed by atoms with Crippen molar-refractivity contribution in [2.45, 2.75) is 39.8 Å². The van der Waals surface area contributed by atoms with Crippen LogP contribution in [0.25, 0.3) is 11.0 Å². The lowest BCUT2D eigenvalue weighted by molar-refractivity contribution is -0.125. The van der Waals surface area contributed by atoms with E-state index in [4.69, 9.17) is 4.98 Å². The highest BCUT2D eigenvalue weighted by Gasteiger charge is 2.28. The van der Waals surface area contributed by atoms with Gasteiger partial charge in [0.1, 0.15) is 0 Å². The summed E-state index contributed by atoms with van der Waals surface area (Å²) in [6.45, 7) is 7.65. The lowest BCUT2D eigenvalue weighted by Crippen LogP contribution is -2.44. The van der Waals surface area contributed by atoms with Crippen molar-refractivity contribution in [1.82, 2.24) is 14.9 Å². The van der Waals surface area contributed by atoms with Crippen molar-refractivity contribution in [3.05, 3.63) is 60.2 Å². The SMILES string of the molecule is CC(C)Cn1c(N2CCC[C@@H](C(=O)NCc3ccccc3)C2)nc2ccccc21. The second-order valence-electron chi connectivity index (χ2n) is 8.39. The summed E-state index contributed by atoms with van der Waals surface area (Å²) in [5.74, 6) is 1.67. The summed E-state index contributed by atoms with van der Waals surface area (Å²) in [4.78, 5) is 20.1. The van der Waals surface area contributed by atoms with Crippen LogP contribution in [-0.2, 0) is 17.9 Å². The molecule has 0 bridgehead atoms. The molecule has 5 heteroatoms. The van der Waals surface area contributed by atoms with Crippen LogP contribution in [-0.4, -0.2) is 28.5 Å². The summed E-state index contributed by atoms with van der Waals surface area (Å²) >= 11 is 0. The topological polar surface area (TPSA) is 50.2 Å². The van der Waals surface area contributed by atoms with Crippen LogP contribution < -0.4 is 10.2 Å². The van der Waals surface area contributed by atoms with Crippen molar-refractivity contribution in [1.29, 1.82) is 0 Å². The van der Waals surface area contributed by atoms with Crippen LogP contribution in [0.15, 0.2) is 54.6 Å². The minimum atomic E-state index is -0.000209. The molecule has 152 valence electrons. The van der Waals surface area contributed by atoms with Crippen molar-refractivity contribution in [3.63, 3.8) is 0 Å². The summed E-state index contributed by atoms with van der Waals surface area (Å²) < 4.78 is 2.32. The molecule has 1 N–H and O–H groups in total. The summed E-state index contributed by atoms with van der Waals surface area (Å²) in [6, 6.07) is 18.4. The number of anilines is 1. The highest BCUT2D eigenvalue weighted by molar-refractivity contribution is 5.81. The maximum atomic E-state index is 12.8. The smallest absolute Gasteiger partial charge is 0.225 e. The number of benzene rings is 2. The first-order valence-corrected chi connectivity index (χ1v) is 10.6. The number of aromatic nitrogens is 2. The number of amides is 1. The Kier molecular flexibility index (Phi) is 5.84. The van der Waals surface area contributed by atoms with Gasteiger partial charge in [-0.3, -0.25) is 4.79 Å². The molecular formula is C24H30N4O. The van der Waals surface area contributed by atoms with E-state index in [0.717, 1.165) is 49.5 Å². The normalized spacial score (nSPS) is 17.1. The van der Waals surface area contributed by atoms with Crippen LogP contribution in [0.5, 0.6) is 0 Å². The van der Waals surface area contributed by atoms with Gasteiger partial charge in [-0.05, 0) is 36.5 Å². The van der Waals surface area contributed by atoms with Crippen molar-refractivity contribution in [3.8, 4) is 0 Å². The Morgan fingerprint density at radius 2 is 1.90 bits per heavy atom. The molecule has 0 saturated carbocycles. The Hall–Kier alpha value is -2.82. The van der Waals surface area contributed by atoms with E-state index in [-0.39, 0.29) is 11.8 Å². The maximum Gasteiger partial charge on any atom is 0.225 e. The molecule has 29 heavy (non-hydrogen) atoms. The molecule has 2 aromatic carbocycles. The highest BCUT2D eigenvalue weighted by atomic mass is 16.1. The molecule has 4 rings (SSSR count). The van der Waals surface area contributed by atoms with Gasteiger partial charge >= 0.3 is 0 Å². The average Bonchev–Trinajstić information content (AvgIpc) is 3.11. The fourth-order valence-electron chi connectivity index (χ4n) is 4.15. The lowest BCUT2D eigenvalue weighted by Gasteiger charge is -2.33. The quantitative estimate of drug-likeness (QED) is 0.685. The van der Waals surface area contributed by atoms with E-state index in [1.807, 2.05) is 36.4 Å². The largest absolute Gasteiger partial charge is 0.352 e. The Bertz CT molecular complexity index is 963. The predicted octanol–water partition coefficient (Wildman–Crippen LogP) is 4.23. The molecule has 1 aliphatic rings. The number of imidazole rings is 1. The monoisotopic (exact) mass is 390 g/mol. The molecule has 1 amide bonds. The number of carbonyl (C=O) groups is 1. The van der Waals surface area contributed by atoms with Gasteiger partial charge in [-0.25, -0.2) is 4.98 Å². The first-order valence-electron chi connectivity index (χ1n) is 10.6. The summed E-state index contributed by atoms with van der Waals surface area (Å²) in [7, 11) is 0. The third-order valence-electron chi connectivity index (χ3n) is 5.57. The van der Waals surface area contributed by atoms with E-state index in [1.54, 1.807) is 0 Å². The van der Waals surface area contributed by atoms with Crippen LogP contribution in [0.2, 0.25) is 0 Å². The Morgan fingerprint density at radius 1 is 1.14 bits per heavy atom. The molecule has 1 aromatic heterocycles. The third kappa shape index (κ3) is 4.44. The lowest BCUT2D eigenvalue weighted by atomic mass is 9.97. The molecule has 3 aromatic rings. The van der Waals surface area contributed by atoms with Crippen molar-refractivity contribution >= 4 is 22.9 Å². The average molecular weight is 391 g/mol. The molecule has 0 spiro atoms. The zero-order chi connectivity index (χ0) is 20.2. The molecule has 1 aliphatic heterocycles. The van der Waals surface area contributed by atoms with Gasteiger partial charge < -0.3 is 14.8 Å². The van der Waals surface area contributed by atoms with E-state index in [9.17, 15) is 4.79 Å². The van der Waals surface area contributed by atoms with Crippen LogP contribution >= 0.6 is 0 Å². The highest BCUT2D eigenvalue weighted by Crippen LogP contribution is 2.28. The van der Waals surface area contributed by atoms with Crippen molar-refractivity contribution in [2.24, 2.45) is 11.8 Å². The minimum Gasteiger partial charge on any atom is -0.352 e. The van der Waals surface area contributed by atoms with Gasteiger partial charge in [0.2, 0.25) is 11.9 Å². The van der Waals surface area contributed by atoms with Gasteiger partial charge in [0.15, 0.2) is 0 Å². The molecule has 0 unspecified atom stereocenters. The maximum absolute atomic E-state index is 12.8. The Labute approximate surface area is 172 Å². The van der Waals surface area contributed by atoms with Gasteiger partial charge in [-0.15, -0.1) is 0 Å². The van der Waals surface area contributed by atoms with Crippen LogP contribution in [0.1, 0.15) is 32.3 Å². The number of fused-ring (bicyclic) bond motifs is 1. The molecule has 1 saturated heterocycles. The number of para-hydroxylation sites is 2. The zero-order valence-corrected chi connectivity index (χ0v) is 17.3. The van der Waals surface area contributed by atoms with Gasteiger partial charge in [-0.1, -0.05) is 56.3 Å². The number of hydrogen-bond acceptors (Lipinski definition) is 3. The van der Waals surface area contributed by atoms with Crippen molar-refractivity contribution in [2.75, 3.05) is 18.0 Å². The van der Waals surface area contributed by atoms with Gasteiger partial charge in [0.05, 0.1) is 17.0 Å². The first-order chi connectivity index (χ1) is 14.1. The van der Waals surface area contributed by atoms with E-state index in [2.05, 4.69) is 46.8 Å². The fraction of sp³-hybridized carbons (Fsp3) is 0.417. The van der Waals surface area contributed by atoms with E-state index in [1.165, 1.54) is 5.52 Å². The molecule has 1 atom stereocenters. The molecule has 1 fully saturated rings. The van der Waals surface area contributed by atoms with Crippen LogP contribution in [0.3, 0.4) is 0 Å². The number of hydrogen-bond donors (Lipinski definition) is 1. The molecule has 0 aliphatic carbocycles. The molecule has 5 nitrogen and oxygen atoms in total. The van der Waals surface area contributed by atoms with Crippen molar-refractivity contribution < 1.29 is 4.79 Å². The van der Waals surface area contributed by atoms with Gasteiger partial charge in [0.25, 0.3) is 0 Å². The summed E-state index contributed by atoms with van der Waals surface area (Å²) in [6.07, 6.45) is 1.94. The number of rotatable bonds is 6. The minimum absolute atomic E-state index is 0.000209. The zero-order valence-electron chi connectivity index (χ0n) is 17.3. The number of piperidine rings is 1. The molecule has 0 radical (unpaired) electrons. The predicted molar refractivity (Wildman–Crippen MR) is 118 cm³/mol. The Balaban J connectivity index is 1.50. The van der Waals surface area contributed by atoms with E-state index in [0.29, 0.717) is 12.5 Å². The van der Waals surface area contributed by atoms with E-state index < -0.39 is 0 Å².